The molecule has 1 fully saturated rings. The summed E-state index contributed by atoms with van der Waals surface area (Å²) in [4.78, 5) is 16.3. The summed E-state index contributed by atoms with van der Waals surface area (Å²) in [6.45, 7) is 0. The lowest BCUT2D eigenvalue weighted by molar-refractivity contribution is -0.120. The van der Waals surface area contributed by atoms with Crippen LogP contribution in [0.25, 0.3) is 12.2 Å². The summed E-state index contributed by atoms with van der Waals surface area (Å²) in [5, 5.41) is 3.03. The first-order valence-corrected chi connectivity index (χ1v) is 7.80. The van der Waals surface area contributed by atoms with Crippen molar-refractivity contribution >= 4 is 23.7 Å². The van der Waals surface area contributed by atoms with E-state index in [1.807, 2.05) is 36.4 Å². The van der Waals surface area contributed by atoms with Crippen molar-refractivity contribution in [2.24, 2.45) is 5.92 Å². The number of hydrogen-bond acceptors (Lipinski definition) is 3. The minimum atomic E-state index is 0.147. The van der Waals surface area contributed by atoms with Crippen molar-refractivity contribution in [3.05, 3.63) is 48.2 Å². The van der Waals surface area contributed by atoms with Crippen molar-refractivity contribution in [1.29, 1.82) is 0 Å². The summed E-state index contributed by atoms with van der Waals surface area (Å²) in [7, 11) is 0. The SMILES string of the molecule is O=C(Nc1cccc(/C=C/c2ncco2)c1)C1CCCCC1. The van der Waals surface area contributed by atoms with E-state index in [0.717, 1.165) is 36.9 Å². The molecule has 2 aromatic rings. The zero-order valence-electron chi connectivity index (χ0n) is 12.5. The molecule has 3 rings (SSSR count). The van der Waals surface area contributed by atoms with E-state index in [-0.39, 0.29) is 11.8 Å². The molecular weight excluding hydrogens is 276 g/mol. The highest BCUT2D eigenvalue weighted by Gasteiger charge is 2.20. The lowest BCUT2D eigenvalue weighted by Gasteiger charge is -2.20. The predicted molar refractivity (Wildman–Crippen MR) is 87.1 cm³/mol. The second kappa shape index (κ2) is 7.07. The third kappa shape index (κ3) is 3.85. The van der Waals surface area contributed by atoms with Crippen LogP contribution in [0.4, 0.5) is 5.69 Å². The van der Waals surface area contributed by atoms with Gasteiger partial charge in [0, 0.05) is 17.7 Å². The molecule has 1 aromatic heterocycles. The van der Waals surface area contributed by atoms with Crippen molar-refractivity contribution in [3.8, 4) is 0 Å². The van der Waals surface area contributed by atoms with E-state index in [4.69, 9.17) is 4.42 Å². The van der Waals surface area contributed by atoms with Crippen LogP contribution >= 0.6 is 0 Å². The molecule has 1 N–H and O–H groups in total. The number of anilines is 1. The quantitative estimate of drug-likeness (QED) is 0.911. The van der Waals surface area contributed by atoms with Gasteiger partial charge in [-0.3, -0.25) is 4.79 Å². The monoisotopic (exact) mass is 296 g/mol. The maximum absolute atomic E-state index is 12.3. The highest BCUT2D eigenvalue weighted by Crippen LogP contribution is 2.25. The molecule has 1 aliphatic carbocycles. The minimum Gasteiger partial charge on any atom is -0.445 e. The van der Waals surface area contributed by atoms with Crippen LogP contribution in [-0.2, 0) is 4.79 Å². The maximum atomic E-state index is 12.3. The topological polar surface area (TPSA) is 55.1 Å². The molecular formula is C18H20N2O2. The number of nitrogens with one attached hydrogen (secondary N) is 1. The molecule has 1 heterocycles. The van der Waals surface area contributed by atoms with E-state index in [0.29, 0.717) is 5.89 Å². The summed E-state index contributed by atoms with van der Waals surface area (Å²) in [6.07, 6.45) is 12.5. The van der Waals surface area contributed by atoms with Crippen LogP contribution in [0.1, 0.15) is 43.6 Å². The van der Waals surface area contributed by atoms with Gasteiger partial charge in [-0.2, -0.15) is 0 Å². The van der Waals surface area contributed by atoms with Crippen LogP contribution < -0.4 is 5.32 Å². The molecule has 22 heavy (non-hydrogen) atoms. The fraction of sp³-hybridized carbons (Fsp3) is 0.333. The van der Waals surface area contributed by atoms with Crippen LogP contribution in [0.15, 0.2) is 41.1 Å². The molecule has 4 heteroatoms. The van der Waals surface area contributed by atoms with Crippen molar-refractivity contribution in [2.45, 2.75) is 32.1 Å². The van der Waals surface area contributed by atoms with Gasteiger partial charge in [-0.25, -0.2) is 4.98 Å². The van der Waals surface area contributed by atoms with Crippen molar-refractivity contribution in [1.82, 2.24) is 4.98 Å². The third-order valence-corrected chi connectivity index (χ3v) is 4.00. The van der Waals surface area contributed by atoms with Crippen molar-refractivity contribution in [2.75, 3.05) is 5.32 Å². The molecule has 4 nitrogen and oxygen atoms in total. The Balaban J connectivity index is 1.64. The van der Waals surface area contributed by atoms with E-state index in [2.05, 4.69) is 10.3 Å². The Bertz CT molecular complexity index is 641. The number of carbonyl (C=O) groups excluding carboxylic acids is 1. The molecule has 1 amide bonds. The Morgan fingerprint density at radius 3 is 2.86 bits per heavy atom. The van der Waals surface area contributed by atoms with Gasteiger partial charge in [0.25, 0.3) is 0 Å². The molecule has 1 saturated carbocycles. The average Bonchev–Trinajstić information content (AvgIpc) is 3.08. The Hall–Kier alpha value is -2.36. The third-order valence-electron chi connectivity index (χ3n) is 4.00. The summed E-state index contributed by atoms with van der Waals surface area (Å²) < 4.78 is 5.16. The number of aromatic nitrogens is 1. The number of hydrogen-bond donors (Lipinski definition) is 1. The van der Waals surface area contributed by atoms with E-state index in [1.54, 1.807) is 12.5 Å². The number of benzene rings is 1. The number of nitrogens with zero attached hydrogens (tertiary/aromatic N) is 1. The highest BCUT2D eigenvalue weighted by molar-refractivity contribution is 5.93. The van der Waals surface area contributed by atoms with E-state index < -0.39 is 0 Å². The van der Waals surface area contributed by atoms with Gasteiger partial charge in [0.1, 0.15) is 6.26 Å². The van der Waals surface area contributed by atoms with Gasteiger partial charge in [-0.05, 0) is 36.6 Å². The van der Waals surface area contributed by atoms with Gasteiger partial charge >= 0.3 is 0 Å². The van der Waals surface area contributed by atoms with E-state index in [1.165, 1.54) is 6.42 Å². The smallest absolute Gasteiger partial charge is 0.227 e. The molecule has 0 bridgehead atoms. The predicted octanol–water partition coefficient (Wildman–Crippen LogP) is 4.36. The Morgan fingerprint density at radius 2 is 2.09 bits per heavy atom. The van der Waals surface area contributed by atoms with Gasteiger partial charge in [-0.1, -0.05) is 31.4 Å². The first-order chi connectivity index (χ1) is 10.8. The van der Waals surface area contributed by atoms with E-state index >= 15 is 0 Å². The number of oxazole rings is 1. The van der Waals surface area contributed by atoms with Gasteiger partial charge in [-0.15, -0.1) is 0 Å². The lowest BCUT2D eigenvalue weighted by atomic mass is 9.88. The second-order valence-electron chi connectivity index (χ2n) is 5.65. The average molecular weight is 296 g/mol. The lowest BCUT2D eigenvalue weighted by Crippen LogP contribution is -2.24. The number of carbonyl (C=O) groups is 1. The molecule has 0 spiro atoms. The fourth-order valence-electron chi connectivity index (χ4n) is 2.81. The van der Waals surface area contributed by atoms with Crippen LogP contribution in [0.3, 0.4) is 0 Å². The van der Waals surface area contributed by atoms with Gasteiger partial charge in [0.05, 0.1) is 6.20 Å². The van der Waals surface area contributed by atoms with Crippen LogP contribution in [0.2, 0.25) is 0 Å². The largest absolute Gasteiger partial charge is 0.445 e. The zero-order valence-corrected chi connectivity index (χ0v) is 12.5. The van der Waals surface area contributed by atoms with Crippen molar-refractivity contribution < 1.29 is 9.21 Å². The Kier molecular flexibility index (Phi) is 4.68. The summed E-state index contributed by atoms with van der Waals surface area (Å²) >= 11 is 0. The Labute approximate surface area is 130 Å². The summed E-state index contributed by atoms with van der Waals surface area (Å²) in [6, 6.07) is 7.80. The molecule has 0 aliphatic heterocycles. The normalized spacial score (nSPS) is 16.0. The number of rotatable bonds is 4. The highest BCUT2D eigenvalue weighted by atomic mass is 16.3. The molecule has 0 unspecified atom stereocenters. The van der Waals surface area contributed by atoms with Gasteiger partial charge < -0.3 is 9.73 Å². The maximum Gasteiger partial charge on any atom is 0.227 e. The molecule has 0 saturated heterocycles. The van der Waals surface area contributed by atoms with Crippen LogP contribution in [0.5, 0.6) is 0 Å². The second-order valence-corrected chi connectivity index (χ2v) is 5.65. The standard InChI is InChI=1S/C18H20N2O2/c21-18(15-6-2-1-3-7-15)20-16-8-4-5-14(13-16)9-10-17-19-11-12-22-17/h4-5,8-13,15H,1-3,6-7H2,(H,20,21)/b10-9+. The number of amides is 1. The first-order valence-electron chi connectivity index (χ1n) is 7.80. The molecule has 0 radical (unpaired) electrons. The summed E-state index contributed by atoms with van der Waals surface area (Å²) in [5.74, 6) is 0.880. The molecule has 1 aromatic carbocycles. The minimum absolute atomic E-state index is 0.147. The molecule has 1 aliphatic rings. The molecule has 114 valence electrons. The molecule has 0 atom stereocenters. The van der Waals surface area contributed by atoms with Gasteiger partial charge in [0.15, 0.2) is 0 Å². The van der Waals surface area contributed by atoms with Crippen LogP contribution in [0, 0.1) is 5.92 Å². The van der Waals surface area contributed by atoms with Crippen molar-refractivity contribution in [3.63, 3.8) is 0 Å². The Morgan fingerprint density at radius 1 is 1.23 bits per heavy atom. The van der Waals surface area contributed by atoms with E-state index in [9.17, 15) is 4.79 Å². The fourth-order valence-corrected chi connectivity index (χ4v) is 2.81. The van der Waals surface area contributed by atoms with Crippen LogP contribution in [-0.4, -0.2) is 10.9 Å². The first kappa shape index (κ1) is 14.6. The van der Waals surface area contributed by atoms with Gasteiger partial charge in [0.2, 0.25) is 11.8 Å². The zero-order chi connectivity index (χ0) is 15.2. The summed E-state index contributed by atoms with van der Waals surface area (Å²) in [5.41, 5.74) is 1.84.